The van der Waals surface area contributed by atoms with E-state index < -0.39 is 12.6 Å². The average molecular weight is 395 g/mol. The van der Waals surface area contributed by atoms with Crippen molar-refractivity contribution in [3.63, 3.8) is 0 Å². The number of carbonyl (C=O) groups is 2. The van der Waals surface area contributed by atoms with Crippen molar-refractivity contribution in [1.82, 2.24) is 10.4 Å². The SMILES string of the molecule is O=C(O)COc1ccc(/C=N\NC(=O)Cc2nc(-c3ccccc3)cs2)cc1. The van der Waals surface area contributed by atoms with Gasteiger partial charge in [-0.05, 0) is 29.8 Å². The van der Waals surface area contributed by atoms with Gasteiger partial charge < -0.3 is 9.84 Å². The zero-order valence-electron chi connectivity index (χ0n) is 14.7. The lowest BCUT2D eigenvalue weighted by atomic mass is 10.2. The van der Waals surface area contributed by atoms with Crippen LogP contribution in [0.1, 0.15) is 10.6 Å². The van der Waals surface area contributed by atoms with E-state index in [2.05, 4.69) is 15.5 Å². The number of aromatic nitrogens is 1. The maximum absolute atomic E-state index is 12.0. The van der Waals surface area contributed by atoms with E-state index in [1.807, 2.05) is 35.7 Å². The first-order chi connectivity index (χ1) is 13.6. The van der Waals surface area contributed by atoms with Crippen molar-refractivity contribution in [2.24, 2.45) is 5.10 Å². The molecule has 0 atom stereocenters. The van der Waals surface area contributed by atoms with Gasteiger partial charge in [0.05, 0.1) is 18.3 Å². The third-order valence-electron chi connectivity index (χ3n) is 3.58. The van der Waals surface area contributed by atoms with Gasteiger partial charge in [-0.1, -0.05) is 30.3 Å². The lowest BCUT2D eigenvalue weighted by molar-refractivity contribution is -0.139. The summed E-state index contributed by atoms with van der Waals surface area (Å²) >= 11 is 1.43. The molecule has 1 aromatic heterocycles. The van der Waals surface area contributed by atoms with Gasteiger partial charge in [0.1, 0.15) is 10.8 Å². The second-order valence-electron chi connectivity index (χ2n) is 5.71. The highest BCUT2D eigenvalue weighted by Crippen LogP contribution is 2.21. The van der Waals surface area contributed by atoms with Gasteiger partial charge in [-0.25, -0.2) is 15.2 Å². The van der Waals surface area contributed by atoms with E-state index in [0.29, 0.717) is 10.8 Å². The van der Waals surface area contributed by atoms with E-state index >= 15 is 0 Å². The van der Waals surface area contributed by atoms with Crippen LogP contribution >= 0.6 is 11.3 Å². The maximum Gasteiger partial charge on any atom is 0.341 e. The summed E-state index contributed by atoms with van der Waals surface area (Å²) in [5, 5.41) is 15.1. The fraction of sp³-hybridized carbons (Fsp3) is 0.100. The molecule has 0 aliphatic carbocycles. The first kappa shape index (κ1) is 19.2. The highest BCUT2D eigenvalue weighted by atomic mass is 32.1. The number of benzene rings is 2. The minimum atomic E-state index is -1.04. The van der Waals surface area contributed by atoms with E-state index in [1.165, 1.54) is 17.6 Å². The summed E-state index contributed by atoms with van der Waals surface area (Å²) in [5.41, 5.74) is 5.07. The summed E-state index contributed by atoms with van der Waals surface area (Å²) in [6, 6.07) is 16.5. The minimum absolute atomic E-state index is 0.150. The molecule has 2 N–H and O–H groups in total. The molecule has 1 amide bonds. The predicted molar refractivity (Wildman–Crippen MR) is 107 cm³/mol. The second kappa shape index (κ2) is 9.43. The number of carboxylic acids is 1. The van der Waals surface area contributed by atoms with Crippen LogP contribution in [0.15, 0.2) is 65.1 Å². The lowest BCUT2D eigenvalue weighted by Crippen LogP contribution is -2.19. The van der Waals surface area contributed by atoms with Gasteiger partial charge in [0.25, 0.3) is 0 Å². The Hall–Kier alpha value is -3.52. The molecule has 2 aromatic carbocycles. The topological polar surface area (TPSA) is 101 Å². The molecule has 3 aromatic rings. The number of rotatable bonds is 8. The fourth-order valence-corrected chi connectivity index (χ4v) is 3.09. The smallest absolute Gasteiger partial charge is 0.341 e. The maximum atomic E-state index is 12.0. The van der Waals surface area contributed by atoms with Crippen LogP contribution in [0.2, 0.25) is 0 Å². The standard InChI is InChI=1S/C20H17N3O4S/c24-18(10-19-22-17(13-28-19)15-4-2-1-3-5-15)23-21-11-14-6-8-16(9-7-14)27-12-20(25)26/h1-9,11,13H,10,12H2,(H,23,24)(H,25,26)/b21-11-. The Kier molecular flexibility index (Phi) is 6.48. The Labute approximate surface area is 165 Å². The normalized spacial score (nSPS) is 10.7. The van der Waals surface area contributed by atoms with Crippen molar-refractivity contribution in [3.05, 3.63) is 70.5 Å². The van der Waals surface area contributed by atoms with Gasteiger partial charge >= 0.3 is 5.97 Å². The summed E-state index contributed by atoms with van der Waals surface area (Å²) in [7, 11) is 0. The van der Waals surface area contributed by atoms with Gasteiger partial charge in [-0.3, -0.25) is 4.79 Å². The Morgan fingerprint density at radius 1 is 1.14 bits per heavy atom. The van der Waals surface area contributed by atoms with Gasteiger partial charge in [0.2, 0.25) is 5.91 Å². The Morgan fingerprint density at radius 2 is 1.89 bits per heavy atom. The number of carboxylic acid groups (broad SMARTS) is 1. The van der Waals surface area contributed by atoms with Crippen LogP contribution < -0.4 is 10.2 Å². The van der Waals surface area contributed by atoms with Crippen molar-refractivity contribution in [1.29, 1.82) is 0 Å². The van der Waals surface area contributed by atoms with Crippen molar-refractivity contribution in [3.8, 4) is 17.0 Å². The van der Waals surface area contributed by atoms with E-state index in [4.69, 9.17) is 9.84 Å². The van der Waals surface area contributed by atoms with Crippen LogP contribution in [0.3, 0.4) is 0 Å². The van der Waals surface area contributed by atoms with Crippen LogP contribution in [-0.2, 0) is 16.0 Å². The minimum Gasteiger partial charge on any atom is -0.482 e. The summed E-state index contributed by atoms with van der Waals surface area (Å²) in [6.07, 6.45) is 1.65. The molecule has 142 valence electrons. The number of hydrogen-bond acceptors (Lipinski definition) is 6. The van der Waals surface area contributed by atoms with E-state index in [0.717, 1.165) is 16.8 Å². The Balaban J connectivity index is 1.49. The van der Waals surface area contributed by atoms with E-state index in [-0.39, 0.29) is 12.3 Å². The highest BCUT2D eigenvalue weighted by molar-refractivity contribution is 7.10. The van der Waals surface area contributed by atoms with Crippen LogP contribution in [-0.4, -0.2) is 34.8 Å². The quantitative estimate of drug-likeness (QED) is 0.451. The number of hydrogen-bond donors (Lipinski definition) is 2. The summed E-state index contributed by atoms with van der Waals surface area (Å²) in [4.78, 5) is 27.0. The molecular weight excluding hydrogens is 378 g/mol. The van der Waals surface area contributed by atoms with Crippen LogP contribution in [0.25, 0.3) is 11.3 Å². The molecule has 0 aliphatic heterocycles. The first-order valence-corrected chi connectivity index (χ1v) is 9.24. The molecular formula is C20H17N3O4S. The largest absolute Gasteiger partial charge is 0.482 e. The summed E-state index contributed by atoms with van der Waals surface area (Å²) < 4.78 is 5.05. The average Bonchev–Trinajstić information content (AvgIpc) is 3.16. The molecule has 28 heavy (non-hydrogen) atoms. The Bertz CT molecular complexity index is 969. The van der Waals surface area contributed by atoms with Gasteiger partial charge in [-0.15, -0.1) is 11.3 Å². The van der Waals surface area contributed by atoms with Crippen LogP contribution in [0, 0.1) is 0 Å². The fourth-order valence-electron chi connectivity index (χ4n) is 2.28. The molecule has 8 heteroatoms. The highest BCUT2D eigenvalue weighted by Gasteiger charge is 2.08. The van der Waals surface area contributed by atoms with Gasteiger partial charge in [0.15, 0.2) is 6.61 Å². The number of carbonyl (C=O) groups excluding carboxylic acids is 1. The predicted octanol–water partition coefficient (Wildman–Crippen LogP) is 2.97. The molecule has 0 radical (unpaired) electrons. The third kappa shape index (κ3) is 5.75. The van der Waals surface area contributed by atoms with Crippen molar-refractivity contribution < 1.29 is 19.4 Å². The number of amides is 1. The van der Waals surface area contributed by atoms with Crippen molar-refractivity contribution in [2.45, 2.75) is 6.42 Å². The third-order valence-corrected chi connectivity index (χ3v) is 4.43. The molecule has 3 rings (SSSR count). The number of ether oxygens (including phenoxy) is 1. The molecule has 0 unspecified atom stereocenters. The van der Waals surface area contributed by atoms with Crippen molar-refractivity contribution >= 4 is 29.4 Å². The van der Waals surface area contributed by atoms with E-state index in [1.54, 1.807) is 24.3 Å². The zero-order chi connectivity index (χ0) is 19.8. The van der Waals surface area contributed by atoms with Crippen LogP contribution in [0.4, 0.5) is 0 Å². The number of aliphatic carboxylic acids is 1. The van der Waals surface area contributed by atoms with Crippen molar-refractivity contribution in [2.75, 3.05) is 6.61 Å². The summed E-state index contributed by atoms with van der Waals surface area (Å²) in [6.45, 7) is -0.397. The first-order valence-electron chi connectivity index (χ1n) is 8.36. The van der Waals surface area contributed by atoms with Gasteiger partial charge in [-0.2, -0.15) is 5.10 Å². The van der Waals surface area contributed by atoms with Gasteiger partial charge in [0, 0.05) is 10.9 Å². The zero-order valence-corrected chi connectivity index (χ0v) is 15.6. The van der Waals surface area contributed by atoms with Crippen LogP contribution in [0.5, 0.6) is 5.75 Å². The second-order valence-corrected chi connectivity index (χ2v) is 6.66. The monoisotopic (exact) mass is 395 g/mol. The lowest BCUT2D eigenvalue weighted by Gasteiger charge is -2.02. The molecule has 0 aliphatic rings. The number of nitrogens with zero attached hydrogens (tertiary/aromatic N) is 2. The van der Waals surface area contributed by atoms with E-state index in [9.17, 15) is 9.59 Å². The molecule has 0 saturated carbocycles. The molecule has 0 fully saturated rings. The number of nitrogens with one attached hydrogen (secondary N) is 1. The Morgan fingerprint density at radius 3 is 2.61 bits per heavy atom. The molecule has 7 nitrogen and oxygen atoms in total. The number of thiazole rings is 1. The summed E-state index contributed by atoms with van der Waals surface area (Å²) in [5.74, 6) is -0.849. The molecule has 0 spiro atoms. The molecule has 1 heterocycles. The molecule has 0 saturated heterocycles. The molecule has 0 bridgehead atoms. The number of hydrazone groups is 1.